The molecule has 22 heavy (non-hydrogen) atoms. The average molecular weight is 384 g/mol. The highest BCUT2D eigenvalue weighted by atomic mass is 79.9. The number of sulfone groups is 1. The molecule has 0 aliphatic heterocycles. The van der Waals surface area contributed by atoms with Crippen LogP contribution in [0.25, 0.3) is 6.08 Å². The van der Waals surface area contributed by atoms with E-state index in [9.17, 15) is 13.2 Å². The quantitative estimate of drug-likeness (QED) is 0.820. The van der Waals surface area contributed by atoms with Gasteiger partial charge in [-0.1, -0.05) is 6.07 Å². The molecule has 2 rings (SSSR count). The molecule has 116 valence electrons. The van der Waals surface area contributed by atoms with E-state index in [1.807, 2.05) is 0 Å². The topological polar surface area (TPSA) is 76.4 Å². The van der Waals surface area contributed by atoms with E-state index >= 15 is 0 Å². The average Bonchev–Trinajstić information content (AvgIpc) is 2.83. The zero-order valence-electron chi connectivity index (χ0n) is 12.0. The standard InChI is InChI=1S/C15H14BrNO4S/c1-10-3-6-12(22(2,19)20)9-13(10)17-15(18)8-5-11-4-7-14(16)21-11/h3-9H,1-2H3,(H,17,18)/b8-5+. The van der Waals surface area contributed by atoms with Gasteiger partial charge in [0.05, 0.1) is 4.90 Å². The fourth-order valence-electron chi connectivity index (χ4n) is 1.72. The van der Waals surface area contributed by atoms with Crippen molar-refractivity contribution in [3.05, 3.63) is 52.4 Å². The Morgan fingerprint density at radius 3 is 2.59 bits per heavy atom. The smallest absolute Gasteiger partial charge is 0.248 e. The lowest BCUT2D eigenvalue weighted by molar-refractivity contribution is -0.111. The number of rotatable bonds is 4. The van der Waals surface area contributed by atoms with Crippen LogP contribution in [0, 0.1) is 6.92 Å². The molecule has 0 saturated heterocycles. The van der Waals surface area contributed by atoms with Crippen LogP contribution in [0.2, 0.25) is 0 Å². The summed E-state index contributed by atoms with van der Waals surface area (Å²) in [5.41, 5.74) is 1.23. The Morgan fingerprint density at radius 1 is 1.27 bits per heavy atom. The molecule has 0 aliphatic carbocycles. The third kappa shape index (κ3) is 4.32. The maximum atomic E-state index is 11.9. The highest BCUT2D eigenvalue weighted by Crippen LogP contribution is 2.20. The Bertz CT molecular complexity index is 837. The maximum absolute atomic E-state index is 11.9. The van der Waals surface area contributed by atoms with Crippen LogP contribution in [0.3, 0.4) is 0 Å². The molecule has 1 heterocycles. The molecule has 0 atom stereocenters. The van der Waals surface area contributed by atoms with Gasteiger partial charge >= 0.3 is 0 Å². The van der Waals surface area contributed by atoms with E-state index < -0.39 is 9.84 Å². The molecule has 5 nitrogen and oxygen atoms in total. The number of halogens is 1. The predicted octanol–water partition coefficient (Wildman–Crippen LogP) is 3.41. The van der Waals surface area contributed by atoms with Gasteiger partial charge in [-0.05, 0) is 58.8 Å². The number of benzene rings is 1. The van der Waals surface area contributed by atoms with E-state index in [1.165, 1.54) is 24.3 Å². The molecule has 1 N–H and O–H groups in total. The minimum Gasteiger partial charge on any atom is -0.450 e. The Balaban J connectivity index is 2.16. The van der Waals surface area contributed by atoms with Crippen LogP contribution in [0.1, 0.15) is 11.3 Å². The number of amides is 1. The predicted molar refractivity (Wildman–Crippen MR) is 88.4 cm³/mol. The van der Waals surface area contributed by atoms with Gasteiger partial charge in [0.15, 0.2) is 14.5 Å². The molecule has 1 aromatic heterocycles. The second kappa shape index (κ2) is 6.50. The first-order valence-electron chi connectivity index (χ1n) is 6.31. The Labute approximate surface area is 137 Å². The van der Waals surface area contributed by atoms with Gasteiger partial charge in [-0.2, -0.15) is 0 Å². The van der Waals surface area contributed by atoms with Gasteiger partial charge in [-0.3, -0.25) is 4.79 Å². The van der Waals surface area contributed by atoms with E-state index in [-0.39, 0.29) is 10.8 Å². The van der Waals surface area contributed by atoms with Gasteiger partial charge in [0.2, 0.25) is 5.91 Å². The third-order valence-corrected chi connectivity index (χ3v) is 4.42. The molecule has 0 aliphatic rings. The van der Waals surface area contributed by atoms with Crippen molar-refractivity contribution in [1.29, 1.82) is 0 Å². The molecule has 0 unspecified atom stereocenters. The number of nitrogens with one attached hydrogen (secondary N) is 1. The summed E-state index contributed by atoms with van der Waals surface area (Å²) in [5, 5.41) is 2.66. The Kier molecular flexibility index (Phi) is 4.87. The van der Waals surface area contributed by atoms with E-state index in [4.69, 9.17) is 4.42 Å². The van der Waals surface area contributed by atoms with Crippen LogP contribution in [0.5, 0.6) is 0 Å². The summed E-state index contributed by atoms with van der Waals surface area (Å²) in [6.07, 6.45) is 3.96. The molecule has 1 amide bonds. The SMILES string of the molecule is Cc1ccc(S(C)(=O)=O)cc1NC(=O)/C=C/c1ccc(Br)o1. The first-order valence-corrected chi connectivity index (χ1v) is 8.99. The largest absolute Gasteiger partial charge is 0.450 e. The van der Waals surface area contributed by atoms with Crippen LogP contribution < -0.4 is 5.32 Å². The van der Waals surface area contributed by atoms with E-state index in [0.29, 0.717) is 16.1 Å². The lowest BCUT2D eigenvalue weighted by Gasteiger charge is -2.08. The van der Waals surface area contributed by atoms with Crippen molar-refractivity contribution in [2.24, 2.45) is 0 Å². The zero-order valence-corrected chi connectivity index (χ0v) is 14.4. The van der Waals surface area contributed by atoms with Crippen LogP contribution in [0.4, 0.5) is 5.69 Å². The second-order valence-corrected chi connectivity index (χ2v) is 7.51. The molecular formula is C15H14BrNO4S. The fraction of sp³-hybridized carbons (Fsp3) is 0.133. The first kappa shape index (κ1) is 16.5. The summed E-state index contributed by atoms with van der Waals surface area (Å²) < 4.78 is 28.9. The van der Waals surface area contributed by atoms with Gasteiger partial charge in [0, 0.05) is 18.0 Å². The minimum atomic E-state index is -3.32. The molecule has 0 saturated carbocycles. The summed E-state index contributed by atoms with van der Waals surface area (Å²) in [4.78, 5) is 12.1. The fourth-order valence-corrected chi connectivity index (χ4v) is 2.68. The highest BCUT2D eigenvalue weighted by Gasteiger charge is 2.10. The van der Waals surface area contributed by atoms with E-state index in [2.05, 4.69) is 21.2 Å². The normalized spacial score (nSPS) is 11.8. The van der Waals surface area contributed by atoms with Crippen LogP contribution >= 0.6 is 15.9 Å². The zero-order chi connectivity index (χ0) is 16.3. The van der Waals surface area contributed by atoms with Crippen molar-refractivity contribution in [3.8, 4) is 0 Å². The summed E-state index contributed by atoms with van der Waals surface area (Å²) in [7, 11) is -3.32. The van der Waals surface area contributed by atoms with Crippen molar-refractivity contribution < 1.29 is 17.6 Å². The monoisotopic (exact) mass is 383 g/mol. The molecule has 2 aromatic rings. The molecule has 0 bridgehead atoms. The van der Waals surface area contributed by atoms with E-state index in [1.54, 1.807) is 25.1 Å². The van der Waals surface area contributed by atoms with Crippen molar-refractivity contribution >= 4 is 43.4 Å². The highest BCUT2D eigenvalue weighted by molar-refractivity contribution is 9.10. The van der Waals surface area contributed by atoms with Crippen LogP contribution in [-0.2, 0) is 14.6 Å². The summed E-state index contributed by atoms with van der Waals surface area (Å²) in [6, 6.07) is 8.04. The Morgan fingerprint density at radius 2 is 2.00 bits per heavy atom. The number of furan rings is 1. The van der Waals surface area contributed by atoms with E-state index in [0.717, 1.165) is 11.8 Å². The van der Waals surface area contributed by atoms with Crippen molar-refractivity contribution in [2.75, 3.05) is 11.6 Å². The van der Waals surface area contributed by atoms with Crippen molar-refractivity contribution in [1.82, 2.24) is 0 Å². The maximum Gasteiger partial charge on any atom is 0.248 e. The van der Waals surface area contributed by atoms with Gasteiger partial charge < -0.3 is 9.73 Å². The van der Waals surface area contributed by atoms with Crippen molar-refractivity contribution in [3.63, 3.8) is 0 Å². The van der Waals surface area contributed by atoms with Gasteiger partial charge in [-0.15, -0.1) is 0 Å². The first-order chi connectivity index (χ1) is 10.3. The summed E-state index contributed by atoms with van der Waals surface area (Å²) in [6.45, 7) is 1.79. The Hall–Kier alpha value is -1.86. The lowest BCUT2D eigenvalue weighted by Crippen LogP contribution is -2.10. The van der Waals surface area contributed by atoms with Crippen LogP contribution in [0.15, 0.2) is 50.4 Å². The molecule has 0 fully saturated rings. The third-order valence-electron chi connectivity index (χ3n) is 2.89. The number of carbonyl (C=O) groups excluding carboxylic acids is 1. The second-order valence-electron chi connectivity index (χ2n) is 4.71. The number of aryl methyl sites for hydroxylation is 1. The molecule has 0 radical (unpaired) electrons. The molecule has 1 aromatic carbocycles. The summed E-state index contributed by atoms with van der Waals surface area (Å²) in [5.74, 6) is 0.157. The molecule has 7 heteroatoms. The molecule has 0 spiro atoms. The number of anilines is 1. The summed E-state index contributed by atoms with van der Waals surface area (Å²) >= 11 is 3.17. The lowest BCUT2D eigenvalue weighted by atomic mass is 10.2. The number of carbonyl (C=O) groups is 1. The van der Waals surface area contributed by atoms with Crippen LogP contribution in [-0.4, -0.2) is 20.6 Å². The van der Waals surface area contributed by atoms with Gasteiger partial charge in [0.1, 0.15) is 5.76 Å². The minimum absolute atomic E-state index is 0.160. The van der Waals surface area contributed by atoms with Gasteiger partial charge in [0.25, 0.3) is 0 Å². The van der Waals surface area contributed by atoms with Gasteiger partial charge in [-0.25, -0.2) is 8.42 Å². The number of hydrogen-bond acceptors (Lipinski definition) is 4. The van der Waals surface area contributed by atoms with Crippen molar-refractivity contribution in [2.45, 2.75) is 11.8 Å². The molecular weight excluding hydrogens is 370 g/mol. The number of hydrogen-bond donors (Lipinski definition) is 1.